The summed E-state index contributed by atoms with van der Waals surface area (Å²) in [5.74, 6) is -0.820. The Morgan fingerprint density at radius 3 is 2.76 bits per heavy atom. The Morgan fingerprint density at radius 1 is 1.38 bits per heavy atom. The fraction of sp³-hybridized carbons (Fsp3) is 0.333. The minimum absolute atomic E-state index is 0.171. The molecular weight excluding hydrogens is 337 g/mol. The molecule has 2 aromatic rings. The van der Waals surface area contributed by atoms with E-state index in [4.69, 9.17) is 0 Å². The van der Waals surface area contributed by atoms with Crippen LogP contribution < -0.4 is 5.32 Å². The van der Waals surface area contributed by atoms with Gasteiger partial charge in [0.1, 0.15) is 11.5 Å². The predicted octanol–water partition coefficient (Wildman–Crippen LogP) is 4.06. The number of carbonyl (C=O) groups is 1. The van der Waals surface area contributed by atoms with Crippen LogP contribution in [0.3, 0.4) is 0 Å². The molecule has 0 aliphatic heterocycles. The van der Waals surface area contributed by atoms with Gasteiger partial charge in [-0.2, -0.15) is 5.10 Å². The van der Waals surface area contributed by atoms with E-state index in [1.807, 2.05) is 20.8 Å². The van der Waals surface area contributed by atoms with Crippen molar-refractivity contribution in [2.24, 2.45) is 0 Å². The molecule has 0 atom stereocenters. The first-order valence-electron chi connectivity index (χ1n) is 6.73. The molecular formula is C15H17BrFN3O. The molecule has 0 saturated heterocycles. The van der Waals surface area contributed by atoms with Crippen LogP contribution in [-0.2, 0) is 6.54 Å². The maximum absolute atomic E-state index is 13.9. The highest BCUT2D eigenvalue weighted by atomic mass is 79.9. The molecule has 112 valence electrons. The quantitative estimate of drug-likeness (QED) is 0.900. The van der Waals surface area contributed by atoms with Crippen LogP contribution in [0, 0.1) is 19.7 Å². The summed E-state index contributed by atoms with van der Waals surface area (Å²) in [4.78, 5) is 12.4. The van der Waals surface area contributed by atoms with Gasteiger partial charge >= 0.3 is 0 Å². The lowest BCUT2D eigenvalue weighted by molar-refractivity contribution is 0.101. The number of hydrogen-bond acceptors (Lipinski definition) is 2. The second-order valence-electron chi connectivity index (χ2n) is 4.93. The van der Waals surface area contributed by atoms with Crippen LogP contribution in [0.15, 0.2) is 22.8 Å². The lowest BCUT2D eigenvalue weighted by Gasteiger charge is -2.11. The van der Waals surface area contributed by atoms with Crippen LogP contribution in [0.25, 0.3) is 0 Å². The zero-order valence-electron chi connectivity index (χ0n) is 12.2. The molecule has 0 radical (unpaired) electrons. The Kier molecular flexibility index (Phi) is 4.77. The number of hydrogen-bond donors (Lipinski definition) is 1. The van der Waals surface area contributed by atoms with Crippen molar-refractivity contribution in [3.63, 3.8) is 0 Å². The molecule has 1 heterocycles. The molecule has 6 heteroatoms. The van der Waals surface area contributed by atoms with Crippen LogP contribution in [0.5, 0.6) is 0 Å². The Morgan fingerprint density at radius 2 is 2.10 bits per heavy atom. The SMILES string of the molecule is CCCn1ncc(C)c1C(=O)Nc1cc(C)c(Br)cc1F. The Hall–Kier alpha value is -1.69. The molecule has 2 rings (SSSR count). The molecule has 0 saturated carbocycles. The Labute approximate surface area is 131 Å². The number of amides is 1. The molecule has 0 aliphatic carbocycles. The fourth-order valence-corrected chi connectivity index (χ4v) is 2.41. The van der Waals surface area contributed by atoms with Gasteiger partial charge in [-0.25, -0.2) is 4.39 Å². The van der Waals surface area contributed by atoms with Gasteiger partial charge in [-0.05, 0) is 43.5 Å². The predicted molar refractivity (Wildman–Crippen MR) is 84.0 cm³/mol. The summed E-state index contributed by atoms with van der Waals surface area (Å²) in [6, 6.07) is 2.95. The van der Waals surface area contributed by atoms with E-state index in [1.54, 1.807) is 16.9 Å². The third-order valence-corrected chi connectivity index (χ3v) is 4.02. The molecule has 4 nitrogen and oxygen atoms in total. The van der Waals surface area contributed by atoms with E-state index >= 15 is 0 Å². The van der Waals surface area contributed by atoms with Crippen molar-refractivity contribution in [2.75, 3.05) is 5.32 Å². The van der Waals surface area contributed by atoms with Crippen molar-refractivity contribution in [3.05, 3.63) is 45.4 Å². The van der Waals surface area contributed by atoms with E-state index in [9.17, 15) is 9.18 Å². The standard InChI is InChI=1S/C15H17BrFN3O/c1-4-5-20-14(10(3)8-18-20)15(21)19-13-6-9(2)11(16)7-12(13)17/h6-8H,4-5H2,1-3H3,(H,19,21). The second kappa shape index (κ2) is 6.39. The van der Waals surface area contributed by atoms with Crippen LogP contribution in [0.1, 0.15) is 35.0 Å². The van der Waals surface area contributed by atoms with Gasteiger partial charge in [-0.1, -0.05) is 22.9 Å². The number of anilines is 1. The summed E-state index contributed by atoms with van der Waals surface area (Å²) < 4.78 is 16.2. The highest BCUT2D eigenvalue weighted by Crippen LogP contribution is 2.24. The number of rotatable bonds is 4. The van der Waals surface area contributed by atoms with Crippen molar-refractivity contribution < 1.29 is 9.18 Å². The monoisotopic (exact) mass is 353 g/mol. The maximum atomic E-state index is 13.9. The first-order chi connectivity index (χ1) is 9.93. The van der Waals surface area contributed by atoms with Crippen LogP contribution in [0.4, 0.5) is 10.1 Å². The van der Waals surface area contributed by atoms with Gasteiger partial charge in [0.25, 0.3) is 5.91 Å². The minimum Gasteiger partial charge on any atom is -0.318 e. The van der Waals surface area contributed by atoms with Crippen molar-refractivity contribution in [2.45, 2.75) is 33.7 Å². The van der Waals surface area contributed by atoms with Crippen molar-refractivity contribution in [1.82, 2.24) is 9.78 Å². The number of carbonyl (C=O) groups excluding carboxylic acids is 1. The zero-order chi connectivity index (χ0) is 15.6. The van der Waals surface area contributed by atoms with Gasteiger partial charge in [0, 0.05) is 11.0 Å². The zero-order valence-corrected chi connectivity index (χ0v) is 13.8. The summed E-state index contributed by atoms with van der Waals surface area (Å²) in [6.07, 6.45) is 2.51. The van der Waals surface area contributed by atoms with E-state index in [0.29, 0.717) is 16.7 Å². The summed E-state index contributed by atoms with van der Waals surface area (Å²) in [5, 5.41) is 6.80. The van der Waals surface area contributed by atoms with Crippen molar-refractivity contribution >= 4 is 27.5 Å². The summed E-state index contributed by atoms with van der Waals surface area (Å²) in [7, 11) is 0. The molecule has 0 fully saturated rings. The molecule has 1 N–H and O–H groups in total. The van der Waals surface area contributed by atoms with Gasteiger partial charge < -0.3 is 5.32 Å². The van der Waals surface area contributed by atoms with Crippen LogP contribution >= 0.6 is 15.9 Å². The van der Waals surface area contributed by atoms with E-state index in [0.717, 1.165) is 17.5 Å². The van der Waals surface area contributed by atoms with E-state index in [1.165, 1.54) is 6.07 Å². The van der Waals surface area contributed by atoms with Gasteiger partial charge in [-0.15, -0.1) is 0 Å². The normalized spacial score (nSPS) is 10.7. The van der Waals surface area contributed by atoms with E-state index in [-0.39, 0.29) is 11.6 Å². The van der Waals surface area contributed by atoms with E-state index in [2.05, 4.69) is 26.3 Å². The third kappa shape index (κ3) is 3.32. The van der Waals surface area contributed by atoms with Gasteiger partial charge in [0.05, 0.1) is 11.9 Å². The fourth-order valence-electron chi connectivity index (χ4n) is 2.09. The van der Waals surface area contributed by atoms with Gasteiger partial charge in [0.15, 0.2) is 0 Å². The van der Waals surface area contributed by atoms with Crippen molar-refractivity contribution in [3.8, 4) is 0 Å². The maximum Gasteiger partial charge on any atom is 0.274 e. The highest BCUT2D eigenvalue weighted by Gasteiger charge is 2.17. The summed E-state index contributed by atoms with van der Waals surface area (Å²) in [6.45, 7) is 6.32. The average molecular weight is 354 g/mol. The number of aryl methyl sites for hydroxylation is 3. The summed E-state index contributed by atoms with van der Waals surface area (Å²) in [5.41, 5.74) is 2.27. The summed E-state index contributed by atoms with van der Waals surface area (Å²) >= 11 is 3.26. The number of aromatic nitrogens is 2. The topological polar surface area (TPSA) is 46.9 Å². The second-order valence-corrected chi connectivity index (χ2v) is 5.79. The molecule has 1 aromatic carbocycles. The number of halogens is 2. The number of nitrogens with zero attached hydrogens (tertiary/aromatic N) is 2. The van der Waals surface area contributed by atoms with E-state index < -0.39 is 5.82 Å². The van der Waals surface area contributed by atoms with Gasteiger partial charge in [0.2, 0.25) is 0 Å². The Bertz CT molecular complexity index is 682. The van der Waals surface area contributed by atoms with Gasteiger partial charge in [-0.3, -0.25) is 9.48 Å². The largest absolute Gasteiger partial charge is 0.318 e. The highest BCUT2D eigenvalue weighted by molar-refractivity contribution is 9.10. The number of nitrogens with one attached hydrogen (secondary N) is 1. The lowest BCUT2D eigenvalue weighted by atomic mass is 10.2. The molecule has 0 unspecified atom stereocenters. The first kappa shape index (κ1) is 15.7. The molecule has 21 heavy (non-hydrogen) atoms. The molecule has 0 bridgehead atoms. The third-order valence-electron chi connectivity index (χ3n) is 3.17. The molecule has 0 aliphatic rings. The smallest absolute Gasteiger partial charge is 0.274 e. The molecule has 1 aromatic heterocycles. The van der Waals surface area contributed by atoms with Crippen LogP contribution in [-0.4, -0.2) is 15.7 Å². The molecule has 1 amide bonds. The van der Waals surface area contributed by atoms with Crippen molar-refractivity contribution in [1.29, 1.82) is 0 Å². The molecule has 0 spiro atoms. The minimum atomic E-state index is -0.472. The Balaban J connectivity index is 2.30. The first-order valence-corrected chi connectivity index (χ1v) is 7.52. The lowest BCUT2D eigenvalue weighted by Crippen LogP contribution is -2.19. The average Bonchev–Trinajstić information content (AvgIpc) is 2.77. The number of benzene rings is 1. The van der Waals surface area contributed by atoms with Crippen LogP contribution in [0.2, 0.25) is 0 Å².